The third kappa shape index (κ3) is 14.1. The summed E-state index contributed by atoms with van der Waals surface area (Å²) < 4.78 is 61.2. The molecule has 0 spiro atoms. The maximum absolute atomic E-state index is 14.2. The van der Waals surface area contributed by atoms with Gasteiger partial charge in [-0.25, -0.2) is 22.0 Å². The summed E-state index contributed by atoms with van der Waals surface area (Å²) in [6.45, 7) is 8.21. The molecule has 0 radical (unpaired) electrons. The van der Waals surface area contributed by atoms with Crippen LogP contribution in [0.1, 0.15) is 82.9 Å². The Kier molecular flexibility index (Phi) is 17.4. The van der Waals surface area contributed by atoms with Crippen LogP contribution in [0.25, 0.3) is 0 Å². The molecule has 1 saturated heterocycles. The largest absolute Gasteiger partial charge is 0.446 e. The van der Waals surface area contributed by atoms with Gasteiger partial charge in [-0.2, -0.15) is 0 Å². The van der Waals surface area contributed by atoms with Gasteiger partial charge in [0, 0.05) is 58.6 Å². The zero-order valence-electron chi connectivity index (χ0n) is 30.8. The molecular formula is C38H56F2N4O7S. The number of hydrogen-bond donors (Lipinski definition) is 4. The van der Waals surface area contributed by atoms with E-state index in [0.717, 1.165) is 35.7 Å². The molecule has 1 fully saturated rings. The van der Waals surface area contributed by atoms with E-state index >= 15 is 0 Å². The second-order valence-corrected chi connectivity index (χ2v) is 16.0. The number of aliphatic hydroxyl groups is 1. The quantitative estimate of drug-likeness (QED) is 0.155. The lowest BCUT2D eigenvalue weighted by Gasteiger charge is -2.31. The van der Waals surface area contributed by atoms with Gasteiger partial charge < -0.3 is 30.7 Å². The zero-order chi connectivity index (χ0) is 38.3. The van der Waals surface area contributed by atoms with Crippen LogP contribution in [0, 0.1) is 17.6 Å². The molecule has 3 atom stereocenters. The van der Waals surface area contributed by atoms with Crippen LogP contribution in [0.4, 0.5) is 13.6 Å². The minimum Gasteiger partial charge on any atom is -0.446 e. The molecule has 2 aromatic rings. The summed E-state index contributed by atoms with van der Waals surface area (Å²) in [7, 11) is -3.82. The number of rotatable bonds is 20. The number of ether oxygens (including phenoxy) is 1. The fourth-order valence-corrected chi connectivity index (χ4v) is 8.80. The van der Waals surface area contributed by atoms with Gasteiger partial charge in [-0.15, -0.1) is 0 Å². The monoisotopic (exact) mass is 750 g/mol. The second kappa shape index (κ2) is 21.2. The van der Waals surface area contributed by atoms with Crippen molar-refractivity contribution in [1.29, 1.82) is 0 Å². The molecule has 2 aromatic carbocycles. The minimum atomic E-state index is -3.82. The van der Waals surface area contributed by atoms with Crippen LogP contribution in [-0.2, 0) is 43.5 Å². The molecule has 1 heterocycles. The van der Waals surface area contributed by atoms with Crippen LogP contribution in [0.5, 0.6) is 0 Å². The molecule has 0 aliphatic carbocycles. The second-order valence-electron chi connectivity index (χ2n) is 13.7. The number of piperidine rings is 1. The van der Waals surface area contributed by atoms with Gasteiger partial charge in [-0.3, -0.25) is 9.59 Å². The number of halogens is 2. The number of aliphatic hydroxyl groups excluding tert-OH is 1. The first kappa shape index (κ1) is 42.8. The van der Waals surface area contributed by atoms with Crippen molar-refractivity contribution >= 4 is 27.7 Å². The van der Waals surface area contributed by atoms with Crippen LogP contribution < -0.4 is 16.0 Å². The highest BCUT2D eigenvalue weighted by molar-refractivity contribution is 7.92. The van der Waals surface area contributed by atoms with E-state index in [0.29, 0.717) is 58.2 Å². The van der Waals surface area contributed by atoms with Gasteiger partial charge in [0.15, 0.2) is 9.84 Å². The van der Waals surface area contributed by atoms with E-state index in [9.17, 15) is 36.7 Å². The Hall–Kier alpha value is -3.62. The first-order chi connectivity index (χ1) is 24.7. The van der Waals surface area contributed by atoms with Crippen molar-refractivity contribution in [1.82, 2.24) is 20.9 Å². The molecule has 1 unspecified atom stereocenters. The number of benzene rings is 2. The summed E-state index contributed by atoms with van der Waals surface area (Å²) >= 11 is 0. The molecule has 0 saturated carbocycles. The summed E-state index contributed by atoms with van der Waals surface area (Å²) in [5, 5.41) is 19.1. The predicted octanol–water partition coefficient (Wildman–Crippen LogP) is 4.44. The molecular weight excluding hydrogens is 695 g/mol. The molecule has 52 heavy (non-hydrogen) atoms. The summed E-state index contributed by atoms with van der Waals surface area (Å²) in [4.78, 5) is 40.2. The standard InChI is InChI=1S/C38H56F2N4O7S/c1-5-9-34(10-6-2)52(49,50)25-30(23-42-38(48)51-33-13-15-44(16-14-33)26(4)45)37(47)43-35(20-29-18-31(39)21-32(40)19-29)36(46)24-41-22-28-12-8-11-27(7-3)17-28/h8,11-12,17-19,21,30,33-36,41,46H,5-7,9-10,13-16,20,22-25H2,1-4H3,(H,42,48)(H,43,47)/t30?,35-,36+/m0/s1. The van der Waals surface area contributed by atoms with Gasteiger partial charge in [-0.1, -0.05) is 57.9 Å². The van der Waals surface area contributed by atoms with Gasteiger partial charge in [-0.05, 0) is 54.5 Å². The number of nitrogens with zero attached hydrogens (tertiary/aromatic N) is 1. The van der Waals surface area contributed by atoms with Gasteiger partial charge in [0.1, 0.15) is 17.7 Å². The summed E-state index contributed by atoms with van der Waals surface area (Å²) in [5.41, 5.74) is 2.32. The van der Waals surface area contributed by atoms with Gasteiger partial charge in [0.05, 0.1) is 29.1 Å². The molecule has 1 aliphatic rings. The number of nitrogens with one attached hydrogen (secondary N) is 3. The average Bonchev–Trinajstić information content (AvgIpc) is 3.09. The maximum atomic E-state index is 14.2. The Morgan fingerprint density at radius 3 is 2.17 bits per heavy atom. The van der Waals surface area contributed by atoms with E-state index < -0.39 is 68.6 Å². The molecule has 14 heteroatoms. The van der Waals surface area contributed by atoms with Crippen molar-refractivity contribution in [2.75, 3.05) is 31.9 Å². The first-order valence-electron chi connectivity index (χ1n) is 18.4. The van der Waals surface area contributed by atoms with Gasteiger partial charge >= 0.3 is 6.09 Å². The van der Waals surface area contributed by atoms with Crippen molar-refractivity contribution < 1.29 is 41.4 Å². The van der Waals surface area contributed by atoms with Crippen molar-refractivity contribution in [2.45, 2.75) is 109 Å². The molecule has 3 amide bonds. The molecule has 0 bridgehead atoms. The van der Waals surface area contributed by atoms with E-state index in [1.807, 2.05) is 45.0 Å². The van der Waals surface area contributed by atoms with Crippen molar-refractivity contribution in [3.63, 3.8) is 0 Å². The Morgan fingerprint density at radius 1 is 0.942 bits per heavy atom. The lowest BCUT2D eigenvalue weighted by Crippen LogP contribution is -2.53. The molecule has 290 valence electrons. The lowest BCUT2D eigenvalue weighted by atomic mass is 9.99. The highest BCUT2D eigenvalue weighted by Gasteiger charge is 2.34. The van der Waals surface area contributed by atoms with E-state index in [4.69, 9.17) is 4.74 Å². The fraction of sp³-hybridized carbons (Fsp3) is 0.605. The lowest BCUT2D eigenvalue weighted by molar-refractivity contribution is -0.130. The predicted molar refractivity (Wildman–Crippen MR) is 196 cm³/mol. The van der Waals surface area contributed by atoms with Crippen LogP contribution in [0.2, 0.25) is 0 Å². The number of carbonyl (C=O) groups is 3. The van der Waals surface area contributed by atoms with Crippen LogP contribution >= 0.6 is 0 Å². The number of alkyl carbamates (subject to hydrolysis) is 1. The van der Waals surface area contributed by atoms with Crippen molar-refractivity contribution in [3.05, 3.63) is 70.8 Å². The highest BCUT2D eigenvalue weighted by atomic mass is 32.2. The molecule has 4 N–H and O–H groups in total. The van der Waals surface area contributed by atoms with Crippen LogP contribution in [0.15, 0.2) is 42.5 Å². The maximum Gasteiger partial charge on any atom is 0.407 e. The molecule has 1 aliphatic heterocycles. The van der Waals surface area contributed by atoms with Gasteiger partial charge in [0.2, 0.25) is 11.8 Å². The number of amides is 3. The molecule has 3 rings (SSSR count). The normalized spacial score (nSPS) is 15.6. The number of carbonyl (C=O) groups excluding carboxylic acids is 3. The summed E-state index contributed by atoms with van der Waals surface area (Å²) in [6.07, 6.45) is 1.16. The Morgan fingerprint density at radius 2 is 1.58 bits per heavy atom. The number of sulfone groups is 1. The smallest absolute Gasteiger partial charge is 0.407 e. The number of aryl methyl sites for hydroxylation is 1. The summed E-state index contributed by atoms with van der Waals surface area (Å²) in [5.74, 6) is -4.28. The van der Waals surface area contributed by atoms with Gasteiger partial charge in [0.25, 0.3) is 0 Å². The molecule has 0 aromatic heterocycles. The SMILES string of the molecule is CCCC(CCC)S(=O)(=O)CC(CNC(=O)OC1CCN(C(C)=O)CC1)C(=O)N[C@@H](Cc1cc(F)cc(F)c1)[C@H](O)CNCc1cccc(CC)c1. The van der Waals surface area contributed by atoms with E-state index in [-0.39, 0.29) is 31.0 Å². The topological polar surface area (TPSA) is 154 Å². The van der Waals surface area contributed by atoms with Crippen LogP contribution in [-0.4, -0.2) is 91.8 Å². The van der Waals surface area contributed by atoms with E-state index in [1.165, 1.54) is 6.92 Å². The highest BCUT2D eigenvalue weighted by Crippen LogP contribution is 2.20. The minimum absolute atomic E-state index is 0.00412. The zero-order valence-corrected chi connectivity index (χ0v) is 31.7. The first-order valence-corrected chi connectivity index (χ1v) is 20.1. The third-order valence-corrected chi connectivity index (χ3v) is 11.8. The van der Waals surface area contributed by atoms with E-state index in [2.05, 4.69) is 16.0 Å². The number of likely N-dealkylation sites (tertiary alicyclic amines) is 1. The molecule has 11 nitrogen and oxygen atoms in total. The van der Waals surface area contributed by atoms with Crippen molar-refractivity contribution in [3.8, 4) is 0 Å². The van der Waals surface area contributed by atoms with Crippen LogP contribution in [0.3, 0.4) is 0 Å². The Balaban J connectivity index is 1.80. The van der Waals surface area contributed by atoms with Crippen molar-refractivity contribution in [2.24, 2.45) is 5.92 Å². The van der Waals surface area contributed by atoms with E-state index in [1.54, 1.807) is 4.90 Å². The summed E-state index contributed by atoms with van der Waals surface area (Å²) in [6, 6.07) is 9.80. The third-order valence-electron chi connectivity index (χ3n) is 9.44. The fourth-order valence-electron chi connectivity index (χ4n) is 6.51. The number of hydrogen-bond acceptors (Lipinski definition) is 8. The Labute approximate surface area is 307 Å². The average molecular weight is 751 g/mol. The Bertz CT molecular complexity index is 1540.